The number of aromatic nitrogens is 3. The van der Waals surface area contributed by atoms with E-state index in [4.69, 9.17) is 0 Å². The van der Waals surface area contributed by atoms with E-state index in [-0.39, 0.29) is 36.6 Å². The molecule has 2 aromatic rings. The first-order valence-corrected chi connectivity index (χ1v) is 10.8. The van der Waals surface area contributed by atoms with E-state index in [1.54, 1.807) is 10.9 Å². The van der Waals surface area contributed by atoms with Gasteiger partial charge in [0.25, 0.3) is 0 Å². The maximum Gasteiger partial charge on any atom is 0.248 e. The van der Waals surface area contributed by atoms with E-state index in [0.29, 0.717) is 25.3 Å². The number of anilines is 3. The van der Waals surface area contributed by atoms with E-state index in [1.807, 2.05) is 45.0 Å². The van der Waals surface area contributed by atoms with Crippen LogP contribution in [0.5, 0.6) is 0 Å². The quantitative estimate of drug-likeness (QED) is 0.720. The smallest absolute Gasteiger partial charge is 0.248 e. The molecule has 3 heterocycles. The van der Waals surface area contributed by atoms with Crippen molar-refractivity contribution in [1.29, 1.82) is 0 Å². The molecule has 0 saturated heterocycles. The highest BCUT2D eigenvalue weighted by Crippen LogP contribution is 2.39. The van der Waals surface area contributed by atoms with Gasteiger partial charge in [0.05, 0.1) is 23.3 Å². The molecule has 4 rings (SSSR count). The second kappa shape index (κ2) is 8.09. The summed E-state index contributed by atoms with van der Waals surface area (Å²) in [6.07, 6.45) is 4.12. The average molecular weight is 433 g/mol. The monoisotopic (exact) mass is 432 g/mol. The predicted molar refractivity (Wildman–Crippen MR) is 116 cm³/mol. The molecule has 0 radical (unpaired) electrons. The summed E-state index contributed by atoms with van der Waals surface area (Å²) in [5.41, 5.74) is 3.39. The molecule has 1 aliphatic carbocycles. The van der Waals surface area contributed by atoms with Crippen molar-refractivity contribution >= 4 is 23.1 Å². The first-order chi connectivity index (χ1) is 14.6. The van der Waals surface area contributed by atoms with Crippen LogP contribution in [0.1, 0.15) is 44.4 Å². The van der Waals surface area contributed by atoms with Crippen molar-refractivity contribution in [2.24, 2.45) is 11.8 Å². The maximum atomic E-state index is 13.4. The van der Waals surface area contributed by atoms with Crippen LogP contribution in [0.2, 0.25) is 0 Å². The highest BCUT2D eigenvalue weighted by molar-refractivity contribution is 6.04. The Morgan fingerprint density at radius 1 is 1.39 bits per heavy atom. The largest absolute Gasteiger partial charge is 0.366 e. The van der Waals surface area contributed by atoms with Gasteiger partial charge in [-0.3, -0.25) is 9.48 Å². The Hall–Kier alpha value is -2.71. The zero-order valence-electron chi connectivity index (χ0n) is 18.5. The molecule has 1 saturated carbocycles. The molecular weight excluding hydrogens is 402 g/mol. The molecule has 2 aliphatic rings. The first kappa shape index (κ1) is 21.5. The van der Waals surface area contributed by atoms with Crippen LogP contribution in [0.25, 0.3) is 0 Å². The Labute approximate surface area is 181 Å². The molecule has 0 spiro atoms. The molecular formula is C22H30F2N6O. The number of rotatable bonds is 6. The van der Waals surface area contributed by atoms with Crippen molar-refractivity contribution in [2.75, 3.05) is 22.6 Å². The van der Waals surface area contributed by atoms with Gasteiger partial charge in [-0.05, 0) is 25.2 Å². The molecule has 9 heteroatoms. The van der Waals surface area contributed by atoms with Crippen molar-refractivity contribution in [1.82, 2.24) is 14.8 Å². The van der Waals surface area contributed by atoms with Crippen LogP contribution >= 0.6 is 0 Å². The minimum absolute atomic E-state index is 0.0111. The van der Waals surface area contributed by atoms with E-state index >= 15 is 0 Å². The van der Waals surface area contributed by atoms with Gasteiger partial charge in [0.1, 0.15) is 11.9 Å². The lowest BCUT2D eigenvalue weighted by atomic mass is 9.98. The first-order valence-electron chi connectivity index (χ1n) is 10.8. The lowest BCUT2D eigenvalue weighted by Crippen LogP contribution is -2.49. The molecule has 31 heavy (non-hydrogen) atoms. The summed E-state index contributed by atoms with van der Waals surface area (Å²) < 4.78 is 28.6. The van der Waals surface area contributed by atoms with Crippen LogP contribution in [-0.2, 0) is 17.9 Å². The van der Waals surface area contributed by atoms with Gasteiger partial charge in [0.2, 0.25) is 11.8 Å². The molecule has 2 atom stereocenters. The Morgan fingerprint density at radius 2 is 2.16 bits per heavy atom. The number of halogens is 2. The summed E-state index contributed by atoms with van der Waals surface area (Å²) in [5, 5.41) is 10.7. The highest BCUT2D eigenvalue weighted by Gasteiger charge is 2.39. The number of fused-ring (bicyclic) bond motifs is 1. The van der Waals surface area contributed by atoms with Crippen LogP contribution in [0.4, 0.5) is 26.0 Å². The van der Waals surface area contributed by atoms with Gasteiger partial charge in [0.15, 0.2) is 0 Å². The van der Waals surface area contributed by atoms with Gasteiger partial charge < -0.3 is 15.5 Å². The Kier molecular flexibility index (Phi) is 5.61. The second-order valence-corrected chi connectivity index (χ2v) is 9.16. The van der Waals surface area contributed by atoms with E-state index in [2.05, 4.69) is 20.7 Å². The fourth-order valence-electron chi connectivity index (χ4n) is 4.70. The molecule has 2 N–H and O–H groups in total. The average Bonchev–Trinajstić information content (AvgIpc) is 3.26. The Balaban J connectivity index is 1.43. The van der Waals surface area contributed by atoms with Crippen molar-refractivity contribution in [2.45, 2.75) is 65.1 Å². The van der Waals surface area contributed by atoms with Crippen LogP contribution in [-0.4, -0.2) is 39.7 Å². The number of carbonyl (C=O) groups excluding carboxylic acids is 1. The third kappa shape index (κ3) is 4.50. The standard InChI is InChI=1S/C22H30F2N6O/c1-13(2)20-21(31)28-19-14(3)27-18(7-17(19)29(20)4)25-9-16-10-26-30(12-16)11-15-5-6-22(23,24)8-15/h7,10,12-13,15,20H,5-6,8-9,11H2,1-4H3,(H,25,27)(H,28,31)/t15-,20?/m0/s1. The van der Waals surface area contributed by atoms with Gasteiger partial charge in [-0.2, -0.15) is 5.10 Å². The van der Waals surface area contributed by atoms with Crippen molar-refractivity contribution in [3.05, 3.63) is 29.7 Å². The van der Waals surface area contributed by atoms with Gasteiger partial charge in [0, 0.05) is 50.8 Å². The van der Waals surface area contributed by atoms with Gasteiger partial charge in [-0.15, -0.1) is 0 Å². The van der Waals surface area contributed by atoms with Crippen molar-refractivity contribution in [3.63, 3.8) is 0 Å². The summed E-state index contributed by atoms with van der Waals surface area (Å²) in [6.45, 7) is 6.98. The Bertz CT molecular complexity index is 973. The molecule has 1 unspecified atom stereocenters. The van der Waals surface area contributed by atoms with Crippen molar-refractivity contribution < 1.29 is 13.6 Å². The minimum Gasteiger partial charge on any atom is -0.366 e. The number of hydrogen-bond donors (Lipinski definition) is 2. The summed E-state index contributed by atoms with van der Waals surface area (Å²) >= 11 is 0. The highest BCUT2D eigenvalue weighted by atomic mass is 19.3. The van der Waals surface area contributed by atoms with E-state index in [9.17, 15) is 13.6 Å². The van der Waals surface area contributed by atoms with Crippen molar-refractivity contribution in [3.8, 4) is 0 Å². The number of nitrogens with zero attached hydrogens (tertiary/aromatic N) is 4. The number of nitrogens with one attached hydrogen (secondary N) is 2. The number of likely N-dealkylation sites (N-methyl/N-ethyl adjacent to an activating group) is 1. The number of hydrogen-bond acceptors (Lipinski definition) is 5. The zero-order valence-corrected chi connectivity index (χ0v) is 18.5. The number of aryl methyl sites for hydroxylation is 1. The molecule has 0 aromatic carbocycles. The molecule has 0 bridgehead atoms. The van der Waals surface area contributed by atoms with Crippen LogP contribution < -0.4 is 15.5 Å². The molecule has 1 fully saturated rings. The molecule has 7 nitrogen and oxygen atoms in total. The third-order valence-corrected chi connectivity index (χ3v) is 6.24. The summed E-state index contributed by atoms with van der Waals surface area (Å²) in [7, 11) is 1.93. The fourth-order valence-corrected chi connectivity index (χ4v) is 4.70. The lowest BCUT2D eigenvalue weighted by molar-refractivity contribution is -0.118. The topological polar surface area (TPSA) is 75.1 Å². The maximum absolute atomic E-state index is 13.4. The number of carbonyl (C=O) groups is 1. The minimum atomic E-state index is -2.53. The number of alkyl halides is 2. The van der Waals surface area contributed by atoms with Gasteiger partial charge in [-0.25, -0.2) is 13.8 Å². The van der Waals surface area contributed by atoms with Crippen LogP contribution in [0, 0.1) is 18.8 Å². The molecule has 2 aromatic heterocycles. The Morgan fingerprint density at radius 3 is 2.84 bits per heavy atom. The van der Waals surface area contributed by atoms with Gasteiger partial charge in [-0.1, -0.05) is 13.8 Å². The predicted octanol–water partition coefficient (Wildman–Crippen LogP) is 4.05. The number of pyridine rings is 1. The lowest BCUT2D eigenvalue weighted by Gasteiger charge is -2.38. The summed E-state index contributed by atoms with van der Waals surface area (Å²) in [5.74, 6) is -1.68. The van der Waals surface area contributed by atoms with Gasteiger partial charge >= 0.3 is 0 Å². The van der Waals surface area contributed by atoms with E-state index in [1.165, 1.54) is 0 Å². The zero-order chi connectivity index (χ0) is 22.3. The second-order valence-electron chi connectivity index (χ2n) is 9.16. The van der Waals surface area contributed by atoms with Crippen LogP contribution in [0.15, 0.2) is 18.5 Å². The third-order valence-electron chi connectivity index (χ3n) is 6.24. The van der Waals surface area contributed by atoms with Crippen LogP contribution in [0.3, 0.4) is 0 Å². The molecule has 1 amide bonds. The van der Waals surface area contributed by atoms with E-state index < -0.39 is 5.92 Å². The molecule has 1 aliphatic heterocycles. The summed E-state index contributed by atoms with van der Waals surface area (Å²) in [6, 6.07) is 1.71. The SMILES string of the molecule is Cc1nc(NCc2cnn(C[C@H]3CCC(F)(F)C3)c2)cc2c1NC(=O)C(C(C)C)N2C. The number of amides is 1. The summed E-state index contributed by atoms with van der Waals surface area (Å²) in [4.78, 5) is 19.1. The molecule has 168 valence electrons. The fraction of sp³-hybridized carbons (Fsp3) is 0.591. The normalized spacial score (nSPS) is 22.5. The van der Waals surface area contributed by atoms with E-state index in [0.717, 1.165) is 22.6 Å².